The van der Waals surface area contributed by atoms with Gasteiger partial charge in [-0.25, -0.2) is 0 Å². The Morgan fingerprint density at radius 3 is 1.66 bits per heavy atom. The van der Waals surface area contributed by atoms with E-state index in [0.717, 1.165) is 6.42 Å². The van der Waals surface area contributed by atoms with Crippen molar-refractivity contribution in [1.82, 2.24) is 4.90 Å². The van der Waals surface area contributed by atoms with E-state index < -0.39 is 5.54 Å². The lowest BCUT2D eigenvalue weighted by molar-refractivity contribution is -0.113. The Bertz CT molecular complexity index is 857. The molecule has 3 aromatic rings. The highest BCUT2D eigenvalue weighted by Gasteiger charge is 2.54. The van der Waals surface area contributed by atoms with Crippen LogP contribution in [0.25, 0.3) is 0 Å². The van der Waals surface area contributed by atoms with Gasteiger partial charge in [0.2, 0.25) is 0 Å². The summed E-state index contributed by atoms with van der Waals surface area (Å²) in [6.07, 6.45) is 5.83. The number of carbonyl (C=O) groups is 1. The van der Waals surface area contributed by atoms with E-state index in [1.165, 1.54) is 42.2 Å². The first kappa shape index (κ1) is 18.3. The van der Waals surface area contributed by atoms with Crippen molar-refractivity contribution in [2.75, 3.05) is 0 Å². The van der Waals surface area contributed by atoms with Crippen LogP contribution in [0.2, 0.25) is 0 Å². The molecule has 29 heavy (non-hydrogen) atoms. The number of rotatable bonds is 5. The summed E-state index contributed by atoms with van der Waals surface area (Å²) in [5.41, 5.74) is 3.23. The van der Waals surface area contributed by atoms with Crippen molar-refractivity contribution in [3.8, 4) is 0 Å². The zero-order valence-electron chi connectivity index (χ0n) is 16.7. The van der Waals surface area contributed by atoms with Gasteiger partial charge < -0.3 is 4.79 Å². The predicted molar refractivity (Wildman–Crippen MR) is 117 cm³/mol. The molecule has 1 aliphatic heterocycles. The minimum absolute atomic E-state index is 0.0640. The van der Waals surface area contributed by atoms with Crippen molar-refractivity contribution in [3.05, 3.63) is 108 Å². The summed E-state index contributed by atoms with van der Waals surface area (Å²) in [7, 11) is 0. The molecule has 2 nitrogen and oxygen atoms in total. The molecule has 1 saturated heterocycles. The van der Waals surface area contributed by atoms with Gasteiger partial charge in [0.05, 0.1) is 11.6 Å². The fraction of sp³-hybridized carbons (Fsp3) is 0.296. The number of benzene rings is 3. The average molecular weight is 382 g/mol. The zero-order valence-corrected chi connectivity index (χ0v) is 16.7. The molecule has 3 aromatic carbocycles. The number of hydrogen-bond donors (Lipinski definition) is 0. The zero-order chi connectivity index (χ0) is 19.7. The van der Waals surface area contributed by atoms with Gasteiger partial charge in [-0.2, -0.15) is 0 Å². The smallest absolute Gasteiger partial charge is 0.137 e. The summed E-state index contributed by atoms with van der Waals surface area (Å²) in [6, 6.07) is 32.7. The summed E-state index contributed by atoms with van der Waals surface area (Å²) in [5.74, 6) is 0.612. The molecule has 0 N–H and O–H groups in total. The van der Waals surface area contributed by atoms with Crippen molar-refractivity contribution in [2.45, 2.75) is 43.3 Å². The second kappa shape index (κ2) is 7.61. The lowest BCUT2D eigenvalue weighted by Gasteiger charge is -2.48. The molecule has 2 fully saturated rings. The van der Waals surface area contributed by atoms with Crippen LogP contribution in [0.15, 0.2) is 91.0 Å². The molecular weight excluding hydrogens is 354 g/mol. The second-order valence-electron chi connectivity index (χ2n) is 8.41. The number of hydrogen-bond acceptors (Lipinski definition) is 2. The molecular formula is C27H27NO. The van der Waals surface area contributed by atoms with Gasteiger partial charge in [0.15, 0.2) is 0 Å². The predicted octanol–water partition coefficient (Wildman–Crippen LogP) is 5.42. The second-order valence-corrected chi connectivity index (χ2v) is 8.41. The Kier molecular flexibility index (Phi) is 4.81. The molecule has 146 valence electrons. The van der Waals surface area contributed by atoms with Crippen LogP contribution in [0.4, 0.5) is 0 Å². The summed E-state index contributed by atoms with van der Waals surface area (Å²) < 4.78 is 0. The maximum absolute atomic E-state index is 12.3. The minimum Gasteiger partial charge on any atom is -0.302 e. The first-order chi connectivity index (χ1) is 14.4. The van der Waals surface area contributed by atoms with Gasteiger partial charge in [-0.15, -0.1) is 0 Å². The molecule has 1 aliphatic carbocycles. The van der Waals surface area contributed by atoms with Gasteiger partial charge in [0.1, 0.15) is 6.29 Å². The highest BCUT2D eigenvalue weighted by molar-refractivity contribution is 5.61. The lowest BCUT2D eigenvalue weighted by atomic mass is 9.74. The summed E-state index contributed by atoms with van der Waals surface area (Å²) in [4.78, 5) is 14.9. The van der Waals surface area contributed by atoms with Crippen LogP contribution < -0.4 is 0 Å². The SMILES string of the molecule is O=C[C@@H]1C[C@@H]2CCC[C@@H]2N1C(c1ccccc1)(c1ccccc1)c1ccccc1. The molecule has 2 aliphatic rings. The molecule has 0 unspecified atom stereocenters. The summed E-state index contributed by atoms with van der Waals surface area (Å²) in [5, 5.41) is 0. The van der Waals surface area contributed by atoms with E-state index in [-0.39, 0.29) is 6.04 Å². The van der Waals surface area contributed by atoms with E-state index in [1.807, 2.05) is 0 Å². The molecule has 1 saturated carbocycles. The van der Waals surface area contributed by atoms with Crippen molar-refractivity contribution < 1.29 is 4.79 Å². The number of fused-ring (bicyclic) bond motifs is 1. The van der Waals surface area contributed by atoms with Crippen LogP contribution >= 0.6 is 0 Å². The minimum atomic E-state index is -0.473. The Morgan fingerprint density at radius 2 is 1.21 bits per heavy atom. The van der Waals surface area contributed by atoms with Crippen molar-refractivity contribution in [2.24, 2.45) is 5.92 Å². The summed E-state index contributed by atoms with van der Waals surface area (Å²) >= 11 is 0. The third-order valence-corrected chi connectivity index (χ3v) is 7.00. The fourth-order valence-electron chi connectivity index (χ4n) is 5.93. The maximum Gasteiger partial charge on any atom is 0.137 e. The van der Waals surface area contributed by atoms with Crippen LogP contribution in [-0.4, -0.2) is 23.3 Å². The van der Waals surface area contributed by atoms with Gasteiger partial charge in [-0.3, -0.25) is 4.90 Å². The van der Waals surface area contributed by atoms with Crippen LogP contribution in [0.1, 0.15) is 42.4 Å². The van der Waals surface area contributed by atoms with Crippen LogP contribution in [-0.2, 0) is 10.3 Å². The first-order valence-electron chi connectivity index (χ1n) is 10.8. The Morgan fingerprint density at radius 1 is 0.724 bits per heavy atom. The van der Waals surface area contributed by atoms with Crippen molar-refractivity contribution in [1.29, 1.82) is 0 Å². The number of carbonyl (C=O) groups excluding carboxylic acids is 1. The molecule has 2 heteroatoms. The molecule has 0 spiro atoms. The number of aldehydes is 1. The maximum atomic E-state index is 12.3. The van der Waals surface area contributed by atoms with Crippen molar-refractivity contribution >= 4 is 6.29 Å². The van der Waals surface area contributed by atoms with Gasteiger partial charge in [0.25, 0.3) is 0 Å². The van der Waals surface area contributed by atoms with Gasteiger partial charge in [-0.05, 0) is 41.9 Å². The van der Waals surface area contributed by atoms with E-state index in [1.54, 1.807) is 0 Å². The van der Waals surface area contributed by atoms with Gasteiger partial charge in [0, 0.05) is 6.04 Å². The molecule has 1 heterocycles. The highest BCUT2D eigenvalue weighted by atomic mass is 16.1. The molecule has 0 radical (unpaired) electrons. The quantitative estimate of drug-likeness (QED) is 0.434. The van der Waals surface area contributed by atoms with E-state index in [2.05, 4.69) is 95.9 Å². The standard InChI is InChI=1S/C27H27NO/c29-20-25-19-21-11-10-18-26(21)28(25)27(22-12-4-1-5-13-22,23-14-6-2-7-15-23)24-16-8-3-9-17-24/h1-9,12-17,20-21,25-26H,10-11,18-19H2/t21-,25-,26-/m0/s1. The molecule has 5 rings (SSSR count). The molecule has 3 atom stereocenters. The third-order valence-electron chi connectivity index (χ3n) is 7.00. The number of nitrogens with zero attached hydrogens (tertiary/aromatic N) is 1. The molecule has 0 amide bonds. The Hall–Kier alpha value is -2.71. The Balaban J connectivity index is 1.84. The van der Waals surface area contributed by atoms with Gasteiger partial charge >= 0.3 is 0 Å². The van der Waals surface area contributed by atoms with Gasteiger partial charge in [-0.1, -0.05) is 97.4 Å². The van der Waals surface area contributed by atoms with Crippen LogP contribution in [0.3, 0.4) is 0 Å². The number of likely N-dealkylation sites (tertiary alicyclic amines) is 1. The monoisotopic (exact) mass is 381 g/mol. The fourth-order valence-corrected chi connectivity index (χ4v) is 5.93. The summed E-state index contributed by atoms with van der Waals surface area (Å²) in [6.45, 7) is 0. The van der Waals surface area contributed by atoms with E-state index in [4.69, 9.17) is 0 Å². The van der Waals surface area contributed by atoms with Crippen LogP contribution in [0.5, 0.6) is 0 Å². The molecule has 0 aromatic heterocycles. The van der Waals surface area contributed by atoms with E-state index >= 15 is 0 Å². The normalized spacial score (nSPS) is 24.3. The third kappa shape index (κ3) is 2.86. The average Bonchev–Trinajstić information content (AvgIpc) is 3.39. The van der Waals surface area contributed by atoms with Crippen LogP contribution in [0, 0.1) is 5.92 Å². The first-order valence-corrected chi connectivity index (χ1v) is 10.8. The van der Waals surface area contributed by atoms with E-state index in [9.17, 15) is 4.79 Å². The van der Waals surface area contributed by atoms with E-state index in [0.29, 0.717) is 12.0 Å². The Labute approximate surface area is 173 Å². The molecule has 0 bridgehead atoms. The highest BCUT2D eigenvalue weighted by Crippen LogP contribution is 2.52. The largest absolute Gasteiger partial charge is 0.302 e. The topological polar surface area (TPSA) is 20.3 Å². The lowest BCUT2D eigenvalue weighted by Crippen LogP contribution is -2.54. The van der Waals surface area contributed by atoms with Crippen molar-refractivity contribution in [3.63, 3.8) is 0 Å².